The number of carbonyl (C=O) groups excluding carboxylic acids is 1. The minimum Gasteiger partial charge on any atom is -0.483 e. The first-order valence-corrected chi connectivity index (χ1v) is 9.67. The molecule has 0 bridgehead atoms. The lowest BCUT2D eigenvalue weighted by atomic mass is 9.77. The second kappa shape index (κ2) is 7.35. The van der Waals surface area contributed by atoms with Crippen LogP contribution in [0.1, 0.15) is 30.0 Å². The fourth-order valence-corrected chi connectivity index (χ4v) is 4.48. The van der Waals surface area contributed by atoms with Gasteiger partial charge in [0.2, 0.25) is 0 Å². The maximum Gasteiger partial charge on any atom is 0.260 e. The Balaban J connectivity index is 1.36. The van der Waals surface area contributed by atoms with Crippen LogP contribution in [0, 0.1) is 25.7 Å². The summed E-state index contributed by atoms with van der Waals surface area (Å²) in [5.41, 5.74) is 2.23. The number of aromatic nitrogens is 2. The first kappa shape index (κ1) is 18.0. The zero-order valence-electron chi connectivity index (χ0n) is 15.9. The molecule has 1 aromatic heterocycles. The van der Waals surface area contributed by atoms with E-state index in [9.17, 15) is 9.90 Å². The molecule has 4 atom stereocenters. The van der Waals surface area contributed by atoms with Gasteiger partial charge in [0.15, 0.2) is 6.61 Å². The Morgan fingerprint density at radius 2 is 2.00 bits per heavy atom. The molecule has 0 radical (unpaired) electrons. The Hall–Kier alpha value is -2.34. The summed E-state index contributed by atoms with van der Waals surface area (Å²) in [5, 5.41) is 14.8. The van der Waals surface area contributed by atoms with E-state index < -0.39 is 6.10 Å². The Morgan fingerprint density at radius 3 is 2.74 bits per heavy atom. The van der Waals surface area contributed by atoms with Gasteiger partial charge in [-0.2, -0.15) is 5.10 Å². The molecule has 1 amide bonds. The summed E-state index contributed by atoms with van der Waals surface area (Å²) in [6.07, 6.45) is 4.82. The van der Waals surface area contributed by atoms with E-state index in [1.54, 1.807) is 6.20 Å². The van der Waals surface area contributed by atoms with Crippen molar-refractivity contribution >= 4 is 5.91 Å². The molecule has 6 nitrogen and oxygen atoms in total. The van der Waals surface area contributed by atoms with Crippen molar-refractivity contribution < 1.29 is 14.6 Å². The molecule has 2 aromatic rings. The summed E-state index contributed by atoms with van der Waals surface area (Å²) in [6.45, 7) is 5.56. The van der Waals surface area contributed by atoms with Gasteiger partial charge >= 0.3 is 0 Å². The number of nitrogens with zero attached hydrogens (tertiary/aromatic N) is 3. The molecule has 2 fully saturated rings. The van der Waals surface area contributed by atoms with E-state index in [4.69, 9.17) is 4.74 Å². The quantitative estimate of drug-likeness (QED) is 0.898. The lowest BCUT2D eigenvalue weighted by Crippen LogP contribution is -2.36. The number of aliphatic hydroxyl groups is 1. The van der Waals surface area contributed by atoms with Crippen LogP contribution in [-0.4, -0.2) is 51.5 Å². The highest BCUT2D eigenvalue weighted by molar-refractivity contribution is 5.78. The second-order valence-electron chi connectivity index (χ2n) is 7.90. The highest BCUT2D eigenvalue weighted by Gasteiger charge is 2.43. The number of likely N-dealkylation sites (tertiary alicyclic amines) is 1. The van der Waals surface area contributed by atoms with Crippen molar-refractivity contribution in [1.29, 1.82) is 0 Å². The SMILES string of the molecule is Cc1cccc(OCC(=O)N2C[C@H]3C[C@@H](n4cccn4)[C@H](O)C[C@H]3C2)c1C. The van der Waals surface area contributed by atoms with Crippen molar-refractivity contribution in [3.8, 4) is 5.75 Å². The van der Waals surface area contributed by atoms with Crippen LogP contribution >= 0.6 is 0 Å². The minimum atomic E-state index is -0.410. The molecule has 1 saturated carbocycles. The number of hydrogen-bond donors (Lipinski definition) is 1. The standard InChI is InChI=1S/C21H27N3O3/c1-14-5-3-6-20(15(14)2)27-13-21(26)23-11-16-9-18(24-8-4-7-22-24)19(25)10-17(16)12-23/h3-8,16-19,25H,9-13H2,1-2H3/t16-,17+,18-,19-/m1/s1. The number of benzene rings is 1. The van der Waals surface area contributed by atoms with Crippen molar-refractivity contribution in [2.24, 2.45) is 11.8 Å². The molecule has 2 heterocycles. The van der Waals surface area contributed by atoms with Crippen LogP contribution in [0.15, 0.2) is 36.7 Å². The van der Waals surface area contributed by atoms with Crippen molar-refractivity contribution in [2.45, 2.75) is 38.8 Å². The Kier molecular flexibility index (Phi) is 4.91. The number of amides is 1. The monoisotopic (exact) mass is 369 g/mol. The molecule has 0 unspecified atom stereocenters. The molecule has 1 aromatic carbocycles. The Labute approximate surface area is 159 Å². The van der Waals surface area contributed by atoms with Crippen LogP contribution in [0.4, 0.5) is 0 Å². The normalized spacial score (nSPS) is 27.4. The number of aryl methyl sites for hydroxylation is 1. The molecule has 6 heteroatoms. The second-order valence-corrected chi connectivity index (χ2v) is 7.90. The third-order valence-corrected chi connectivity index (χ3v) is 6.23. The van der Waals surface area contributed by atoms with Gasteiger partial charge in [-0.25, -0.2) is 0 Å². The molecule has 1 N–H and O–H groups in total. The van der Waals surface area contributed by atoms with Crippen LogP contribution in [0.3, 0.4) is 0 Å². The average molecular weight is 369 g/mol. The molecule has 0 spiro atoms. The highest BCUT2D eigenvalue weighted by Crippen LogP contribution is 2.41. The topological polar surface area (TPSA) is 67.6 Å². The van der Waals surface area contributed by atoms with Crippen molar-refractivity contribution in [3.05, 3.63) is 47.8 Å². The summed E-state index contributed by atoms with van der Waals surface area (Å²) in [7, 11) is 0. The Morgan fingerprint density at radius 1 is 1.22 bits per heavy atom. The number of ether oxygens (including phenoxy) is 1. The van der Waals surface area contributed by atoms with Crippen molar-refractivity contribution in [1.82, 2.24) is 14.7 Å². The molecule has 1 aliphatic carbocycles. The zero-order chi connectivity index (χ0) is 19.0. The summed E-state index contributed by atoms with van der Waals surface area (Å²) >= 11 is 0. The fourth-order valence-electron chi connectivity index (χ4n) is 4.48. The first-order chi connectivity index (χ1) is 13.0. The van der Waals surface area contributed by atoms with Gasteiger partial charge in [-0.1, -0.05) is 12.1 Å². The van der Waals surface area contributed by atoms with E-state index in [1.807, 2.05) is 53.9 Å². The third kappa shape index (κ3) is 3.58. The van der Waals surface area contributed by atoms with Crippen LogP contribution in [-0.2, 0) is 4.79 Å². The van der Waals surface area contributed by atoms with E-state index in [-0.39, 0.29) is 18.6 Å². The zero-order valence-corrected chi connectivity index (χ0v) is 15.9. The number of aliphatic hydroxyl groups excluding tert-OH is 1. The van der Waals surface area contributed by atoms with E-state index in [0.29, 0.717) is 18.4 Å². The molecular formula is C21H27N3O3. The van der Waals surface area contributed by atoms with Gasteiger partial charge in [-0.15, -0.1) is 0 Å². The highest BCUT2D eigenvalue weighted by atomic mass is 16.5. The predicted octanol–water partition coefficient (Wildman–Crippen LogP) is 2.35. The molecular weight excluding hydrogens is 342 g/mol. The van der Waals surface area contributed by atoms with Crippen molar-refractivity contribution in [2.75, 3.05) is 19.7 Å². The van der Waals surface area contributed by atoms with Crippen molar-refractivity contribution in [3.63, 3.8) is 0 Å². The van der Waals surface area contributed by atoms with E-state index in [2.05, 4.69) is 5.10 Å². The van der Waals surface area contributed by atoms with Gasteiger partial charge < -0.3 is 14.7 Å². The van der Waals surface area contributed by atoms with Gasteiger partial charge in [0.05, 0.1) is 12.1 Å². The van der Waals surface area contributed by atoms with Gasteiger partial charge in [-0.05, 0) is 61.8 Å². The van der Waals surface area contributed by atoms with Gasteiger partial charge in [0.25, 0.3) is 5.91 Å². The van der Waals surface area contributed by atoms with Crippen LogP contribution in [0.5, 0.6) is 5.75 Å². The van der Waals surface area contributed by atoms with Gasteiger partial charge in [-0.3, -0.25) is 9.48 Å². The third-order valence-electron chi connectivity index (χ3n) is 6.23. The molecule has 1 aliphatic heterocycles. The van der Waals surface area contributed by atoms with E-state index >= 15 is 0 Å². The number of rotatable bonds is 4. The van der Waals surface area contributed by atoms with Crippen LogP contribution in [0.2, 0.25) is 0 Å². The Bertz CT molecular complexity index is 805. The maximum absolute atomic E-state index is 12.7. The molecule has 1 saturated heterocycles. The van der Waals surface area contributed by atoms with Gasteiger partial charge in [0.1, 0.15) is 5.75 Å². The summed E-state index contributed by atoms with van der Waals surface area (Å²) < 4.78 is 7.65. The number of carbonyl (C=O) groups is 1. The average Bonchev–Trinajstić information content (AvgIpc) is 3.31. The largest absolute Gasteiger partial charge is 0.483 e. The van der Waals surface area contributed by atoms with Gasteiger partial charge in [0, 0.05) is 25.5 Å². The minimum absolute atomic E-state index is 0.00231. The predicted molar refractivity (Wildman–Crippen MR) is 101 cm³/mol. The van der Waals surface area contributed by atoms with E-state index in [0.717, 1.165) is 36.3 Å². The lowest BCUT2D eigenvalue weighted by molar-refractivity contribution is -0.132. The van der Waals surface area contributed by atoms with Crippen LogP contribution in [0.25, 0.3) is 0 Å². The molecule has 4 rings (SSSR count). The molecule has 144 valence electrons. The lowest BCUT2D eigenvalue weighted by Gasteiger charge is -2.35. The molecule has 27 heavy (non-hydrogen) atoms. The summed E-state index contributed by atoms with van der Waals surface area (Å²) in [4.78, 5) is 14.6. The molecule has 2 aliphatic rings. The maximum atomic E-state index is 12.7. The first-order valence-electron chi connectivity index (χ1n) is 9.67. The number of fused-ring (bicyclic) bond motifs is 1. The fraction of sp³-hybridized carbons (Fsp3) is 0.524. The smallest absolute Gasteiger partial charge is 0.260 e. The summed E-state index contributed by atoms with van der Waals surface area (Å²) in [5.74, 6) is 1.56. The number of hydrogen-bond acceptors (Lipinski definition) is 4. The van der Waals surface area contributed by atoms with Crippen LogP contribution < -0.4 is 4.74 Å². The summed E-state index contributed by atoms with van der Waals surface area (Å²) in [6, 6.07) is 7.78. The van der Waals surface area contributed by atoms with E-state index in [1.165, 1.54) is 0 Å².